The van der Waals surface area contributed by atoms with Gasteiger partial charge in [0.1, 0.15) is 5.82 Å². The molecule has 0 aliphatic rings. The van der Waals surface area contributed by atoms with Crippen LogP contribution in [0.5, 0.6) is 0 Å². The van der Waals surface area contributed by atoms with Gasteiger partial charge in [0.25, 0.3) is 0 Å². The van der Waals surface area contributed by atoms with E-state index in [9.17, 15) is 0 Å². The summed E-state index contributed by atoms with van der Waals surface area (Å²) in [5, 5.41) is 5.30. The van der Waals surface area contributed by atoms with E-state index in [0.29, 0.717) is 16.5 Å². The van der Waals surface area contributed by atoms with Gasteiger partial charge in [0.15, 0.2) is 0 Å². The Balaban J connectivity index is 1.86. The van der Waals surface area contributed by atoms with Crippen LogP contribution < -0.4 is 0 Å². The maximum absolute atomic E-state index is 6.18. The van der Waals surface area contributed by atoms with Crippen molar-refractivity contribution in [3.8, 4) is 11.3 Å². The highest BCUT2D eigenvalue weighted by Crippen LogP contribution is 2.27. The lowest BCUT2D eigenvalue weighted by Crippen LogP contribution is -1.92. The largest absolute Gasteiger partial charge is 0.342 e. The molecule has 0 radical (unpaired) electrons. The van der Waals surface area contributed by atoms with Gasteiger partial charge in [-0.05, 0) is 23.1 Å². The zero-order valence-electron chi connectivity index (χ0n) is 9.86. The first-order valence-corrected chi connectivity index (χ1v) is 7.43. The van der Waals surface area contributed by atoms with E-state index in [1.54, 1.807) is 17.4 Å². The number of imidazole rings is 1. The van der Waals surface area contributed by atoms with E-state index in [-0.39, 0.29) is 0 Å². The molecule has 0 saturated carbocycles. The van der Waals surface area contributed by atoms with Crippen LogP contribution >= 0.6 is 34.5 Å². The van der Waals surface area contributed by atoms with Crippen LogP contribution in [0.25, 0.3) is 11.3 Å². The highest BCUT2D eigenvalue weighted by atomic mass is 35.5. The third kappa shape index (κ3) is 2.68. The van der Waals surface area contributed by atoms with Crippen molar-refractivity contribution in [1.82, 2.24) is 9.97 Å². The second-order valence-corrected chi connectivity index (χ2v) is 5.71. The van der Waals surface area contributed by atoms with E-state index < -0.39 is 0 Å². The Hall–Kier alpha value is -1.29. The zero-order valence-corrected chi connectivity index (χ0v) is 12.2. The molecule has 2 heterocycles. The summed E-state index contributed by atoms with van der Waals surface area (Å²) in [6.45, 7) is 0. The summed E-state index contributed by atoms with van der Waals surface area (Å²) in [4.78, 5) is 7.69. The third-order valence-corrected chi connectivity index (χ3v) is 4.39. The highest BCUT2D eigenvalue weighted by Gasteiger charge is 2.08. The number of rotatable bonds is 3. The van der Waals surface area contributed by atoms with Crippen molar-refractivity contribution in [1.29, 1.82) is 0 Å². The topological polar surface area (TPSA) is 28.7 Å². The predicted octanol–water partition coefficient (Wildman–Crippen LogP) is 5.04. The molecule has 3 aromatic rings. The summed E-state index contributed by atoms with van der Waals surface area (Å²) < 4.78 is 0. The smallest absolute Gasteiger partial charge is 0.110 e. The number of thiophene rings is 1. The van der Waals surface area contributed by atoms with Crippen LogP contribution in [0.2, 0.25) is 10.0 Å². The molecule has 2 nitrogen and oxygen atoms in total. The van der Waals surface area contributed by atoms with Crippen molar-refractivity contribution < 1.29 is 0 Å². The first kappa shape index (κ1) is 12.7. The molecule has 0 unspecified atom stereocenters. The number of H-pyrrole nitrogens is 1. The average Bonchev–Trinajstić information content (AvgIpc) is 3.05. The molecule has 0 aliphatic carbocycles. The van der Waals surface area contributed by atoms with Crippen molar-refractivity contribution in [3.05, 3.63) is 62.7 Å². The number of nitrogens with one attached hydrogen (secondary N) is 1. The fourth-order valence-electron chi connectivity index (χ4n) is 1.88. The average molecular weight is 309 g/mol. The fourth-order valence-corrected chi connectivity index (χ4v) is 2.92. The van der Waals surface area contributed by atoms with Gasteiger partial charge in [-0.2, -0.15) is 11.3 Å². The molecule has 5 heteroatoms. The lowest BCUT2D eigenvalue weighted by Gasteiger charge is -2.03. The molecule has 1 aromatic carbocycles. The molecule has 3 rings (SSSR count). The molecule has 0 spiro atoms. The number of hydrogen-bond donors (Lipinski definition) is 1. The van der Waals surface area contributed by atoms with Gasteiger partial charge in [-0.1, -0.05) is 35.3 Å². The first-order chi connectivity index (χ1) is 9.24. The minimum Gasteiger partial charge on any atom is -0.342 e. The van der Waals surface area contributed by atoms with Crippen LogP contribution in [0, 0.1) is 0 Å². The van der Waals surface area contributed by atoms with Crippen LogP contribution in [0.4, 0.5) is 0 Å². The predicted molar refractivity (Wildman–Crippen MR) is 81.2 cm³/mol. The lowest BCUT2D eigenvalue weighted by atomic mass is 10.1. The van der Waals surface area contributed by atoms with Crippen LogP contribution in [-0.4, -0.2) is 9.97 Å². The number of aromatic nitrogens is 2. The maximum Gasteiger partial charge on any atom is 0.110 e. The van der Waals surface area contributed by atoms with E-state index >= 15 is 0 Å². The van der Waals surface area contributed by atoms with E-state index in [1.807, 2.05) is 23.7 Å². The normalized spacial score (nSPS) is 10.8. The Morgan fingerprint density at radius 2 is 2.11 bits per heavy atom. The van der Waals surface area contributed by atoms with E-state index in [1.165, 1.54) is 0 Å². The Morgan fingerprint density at radius 1 is 1.21 bits per heavy atom. The van der Waals surface area contributed by atoms with Gasteiger partial charge in [0.2, 0.25) is 0 Å². The lowest BCUT2D eigenvalue weighted by molar-refractivity contribution is 1.03. The van der Waals surface area contributed by atoms with E-state index in [4.69, 9.17) is 23.2 Å². The van der Waals surface area contributed by atoms with Crippen molar-refractivity contribution in [3.63, 3.8) is 0 Å². The molecule has 0 fully saturated rings. The van der Waals surface area contributed by atoms with Crippen molar-refractivity contribution in [2.75, 3.05) is 0 Å². The highest BCUT2D eigenvalue weighted by molar-refractivity contribution is 7.08. The summed E-state index contributed by atoms with van der Waals surface area (Å²) in [5.41, 5.74) is 3.15. The molecule has 0 amide bonds. The summed E-state index contributed by atoms with van der Waals surface area (Å²) in [7, 11) is 0. The van der Waals surface area contributed by atoms with Crippen LogP contribution in [0.3, 0.4) is 0 Å². The minimum absolute atomic E-state index is 0.573. The minimum atomic E-state index is 0.573. The molecule has 0 atom stereocenters. The summed E-state index contributed by atoms with van der Waals surface area (Å²) in [6.07, 6.45) is 2.49. The molecule has 96 valence electrons. The van der Waals surface area contributed by atoms with Crippen LogP contribution in [0.15, 0.2) is 41.2 Å². The molecular weight excluding hydrogens is 299 g/mol. The first-order valence-electron chi connectivity index (χ1n) is 5.73. The Bertz CT molecular complexity index is 689. The Labute approximate surface area is 125 Å². The number of halogens is 2. The number of aromatic amines is 1. The number of nitrogens with zero attached hydrogens (tertiary/aromatic N) is 1. The summed E-state index contributed by atoms with van der Waals surface area (Å²) >= 11 is 13.8. The summed E-state index contributed by atoms with van der Waals surface area (Å²) in [6, 6.07) is 7.70. The fraction of sp³-hybridized carbons (Fsp3) is 0.0714. The van der Waals surface area contributed by atoms with Gasteiger partial charge in [-0.25, -0.2) is 4.98 Å². The van der Waals surface area contributed by atoms with Crippen molar-refractivity contribution in [2.45, 2.75) is 6.42 Å². The monoisotopic (exact) mass is 308 g/mol. The van der Waals surface area contributed by atoms with Gasteiger partial charge in [0.05, 0.1) is 21.9 Å². The van der Waals surface area contributed by atoms with Gasteiger partial charge >= 0.3 is 0 Å². The maximum atomic E-state index is 6.18. The zero-order chi connectivity index (χ0) is 13.2. The Morgan fingerprint density at radius 3 is 2.89 bits per heavy atom. The molecule has 2 aromatic heterocycles. The van der Waals surface area contributed by atoms with Crippen molar-refractivity contribution in [2.24, 2.45) is 0 Å². The van der Waals surface area contributed by atoms with Gasteiger partial charge in [-0.15, -0.1) is 0 Å². The molecule has 0 saturated heterocycles. The Kier molecular flexibility index (Phi) is 3.60. The SMILES string of the molecule is Clc1cccc(Cc2ncc(-c3ccsc3)[nH]2)c1Cl. The second kappa shape index (κ2) is 5.37. The molecule has 0 aliphatic heterocycles. The van der Waals surface area contributed by atoms with Gasteiger partial charge in [-0.3, -0.25) is 0 Å². The standard InChI is InChI=1S/C14H10Cl2N2S/c15-11-3-1-2-9(14(11)16)6-13-17-7-12(18-13)10-4-5-19-8-10/h1-5,7-8H,6H2,(H,17,18). The number of hydrogen-bond acceptors (Lipinski definition) is 2. The molecular formula is C14H10Cl2N2S. The molecule has 19 heavy (non-hydrogen) atoms. The van der Waals surface area contributed by atoms with Gasteiger partial charge < -0.3 is 4.98 Å². The van der Waals surface area contributed by atoms with Gasteiger partial charge in [0, 0.05) is 17.4 Å². The van der Waals surface area contributed by atoms with E-state index in [2.05, 4.69) is 21.4 Å². The summed E-state index contributed by atoms with van der Waals surface area (Å²) in [5.74, 6) is 0.880. The number of benzene rings is 1. The van der Waals surface area contributed by atoms with Crippen LogP contribution in [0.1, 0.15) is 11.4 Å². The molecule has 0 bridgehead atoms. The van der Waals surface area contributed by atoms with Crippen LogP contribution in [-0.2, 0) is 6.42 Å². The van der Waals surface area contributed by atoms with Crippen molar-refractivity contribution >= 4 is 34.5 Å². The second-order valence-electron chi connectivity index (χ2n) is 4.15. The quantitative estimate of drug-likeness (QED) is 0.721. The third-order valence-electron chi connectivity index (χ3n) is 2.85. The molecule has 1 N–H and O–H groups in total. The van der Waals surface area contributed by atoms with E-state index in [0.717, 1.165) is 22.6 Å².